The molecule has 0 heterocycles. The van der Waals surface area contributed by atoms with Gasteiger partial charge in [0.05, 0.1) is 0 Å². The van der Waals surface area contributed by atoms with E-state index in [0.717, 1.165) is 57.8 Å². The Balaban J connectivity index is 4.01. The third-order valence-electron chi connectivity index (χ3n) is 7.17. The van der Waals surface area contributed by atoms with E-state index in [1.54, 1.807) is 0 Å². The van der Waals surface area contributed by atoms with Gasteiger partial charge in [-0.1, -0.05) is 123 Å². The highest BCUT2D eigenvalue weighted by Gasteiger charge is 2.12. The maximum atomic E-state index is 12.5. The normalized spacial score (nSPS) is 12.1. The molecule has 228 valence electrons. The van der Waals surface area contributed by atoms with Crippen molar-refractivity contribution in [3.8, 4) is 0 Å². The summed E-state index contributed by atoms with van der Waals surface area (Å²) in [5.74, 6) is -1.33. The molecule has 0 fully saturated rings. The topological polar surface area (TPSA) is 92.7 Å². The average molecular weight is 552 g/mol. The molecule has 0 aromatic carbocycles. The Morgan fingerprint density at radius 1 is 0.667 bits per heavy atom. The number of unbranched alkanes of at least 4 members (excludes halogenated alkanes) is 18. The Kier molecular flexibility index (Phi) is 27.8. The second kappa shape index (κ2) is 29.1. The van der Waals surface area contributed by atoms with Gasteiger partial charge in [0, 0.05) is 12.8 Å². The van der Waals surface area contributed by atoms with Crippen LogP contribution in [0.15, 0.2) is 12.2 Å². The van der Waals surface area contributed by atoms with Crippen molar-refractivity contribution in [2.75, 3.05) is 6.54 Å². The summed E-state index contributed by atoms with van der Waals surface area (Å²) in [6.07, 6.45) is 30.6. The van der Waals surface area contributed by atoms with Crippen LogP contribution in [0, 0.1) is 0 Å². The molecule has 6 nitrogen and oxygen atoms in total. The quantitative estimate of drug-likeness (QED) is 0.0549. The van der Waals surface area contributed by atoms with Crippen LogP contribution in [-0.4, -0.2) is 35.6 Å². The minimum Gasteiger partial charge on any atom is -0.480 e. The Morgan fingerprint density at radius 3 is 1.72 bits per heavy atom. The molecule has 0 bridgehead atoms. The Hall–Kier alpha value is -1.85. The Bertz CT molecular complexity index is 619. The lowest BCUT2D eigenvalue weighted by Crippen LogP contribution is -2.28. The van der Waals surface area contributed by atoms with Gasteiger partial charge < -0.3 is 15.2 Å². The molecule has 0 saturated heterocycles. The lowest BCUT2D eigenvalue weighted by Gasteiger charge is -2.15. The van der Waals surface area contributed by atoms with E-state index in [1.165, 1.54) is 83.5 Å². The van der Waals surface area contributed by atoms with Gasteiger partial charge in [0.15, 0.2) is 0 Å². The van der Waals surface area contributed by atoms with Crippen LogP contribution >= 0.6 is 0 Å². The van der Waals surface area contributed by atoms with Gasteiger partial charge in [-0.2, -0.15) is 0 Å². The second-order valence-corrected chi connectivity index (χ2v) is 11.1. The van der Waals surface area contributed by atoms with E-state index in [9.17, 15) is 14.4 Å². The van der Waals surface area contributed by atoms with Crippen LogP contribution in [0.4, 0.5) is 0 Å². The summed E-state index contributed by atoms with van der Waals surface area (Å²) in [5.41, 5.74) is 0. The van der Waals surface area contributed by atoms with Gasteiger partial charge in [-0.25, -0.2) is 0 Å². The van der Waals surface area contributed by atoms with E-state index in [0.29, 0.717) is 12.8 Å². The van der Waals surface area contributed by atoms with Crippen molar-refractivity contribution in [2.45, 2.75) is 174 Å². The Labute approximate surface area is 240 Å². The molecule has 39 heavy (non-hydrogen) atoms. The van der Waals surface area contributed by atoms with Crippen LogP contribution < -0.4 is 5.32 Å². The zero-order chi connectivity index (χ0) is 28.8. The standard InChI is InChI=1S/C33H61NO5/c1-3-5-7-9-10-11-12-13-14-15-16-18-24-28-33(38)39-30(25-21-17-8-6-4-2)26-22-19-20-23-27-31(35)34-29-32(36)37/h21,25,30H,3-20,22-24,26-29H2,1-2H3,(H,34,35)(H,36,37)/b25-21-. The monoisotopic (exact) mass is 551 g/mol. The second-order valence-electron chi connectivity index (χ2n) is 11.1. The number of nitrogens with one attached hydrogen (secondary N) is 1. The first-order chi connectivity index (χ1) is 19.0. The van der Waals surface area contributed by atoms with Crippen LogP contribution in [0.1, 0.15) is 168 Å². The number of rotatable bonds is 29. The van der Waals surface area contributed by atoms with Gasteiger partial charge in [0.25, 0.3) is 0 Å². The average Bonchev–Trinajstić information content (AvgIpc) is 2.91. The van der Waals surface area contributed by atoms with E-state index < -0.39 is 5.97 Å². The van der Waals surface area contributed by atoms with Crippen LogP contribution in [0.5, 0.6) is 0 Å². The molecule has 0 aliphatic heterocycles. The minimum absolute atomic E-state index is 0.0867. The molecule has 6 heteroatoms. The maximum absolute atomic E-state index is 12.5. The van der Waals surface area contributed by atoms with Gasteiger partial charge in [0.1, 0.15) is 12.6 Å². The summed E-state index contributed by atoms with van der Waals surface area (Å²) in [5, 5.41) is 11.0. The summed E-state index contributed by atoms with van der Waals surface area (Å²) in [4.78, 5) is 34.6. The van der Waals surface area contributed by atoms with Gasteiger partial charge in [-0.3, -0.25) is 14.4 Å². The predicted molar refractivity (Wildman–Crippen MR) is 162 cm³/mol. The van der Waals surface area contributed by atoms with E-state index in [2.05, 4.69) is 31.3 Å². The molecule has 0 aliphatic carbocycles. The van der Waals surface area contributed by atoms with E-state index >= 15 is 0 Å². The minimum atomic E-state index is -1.03. The van der Waals surface area contributed by atoms with E-state index in [4.69, 9.17) is 9.84 Å². The largest absolute Gasteiger partial charge is 0.480 e. The summed E-state index contributed by atoms with van der Waals surface area (Å²) >= 11 is 0. The number of carboxylic acids is 1. The van der Waals surface area contributed by atoms with Crippen LogP contribution in [0.25, 0.3) is 0 Å². The number of amides is 1. The zero-order valence-corrected chi connectivity index (χ0v) is 25.5. The van der Waals surface area contributed by atoms with Crippen LogP contribution in [-0.2, 0) is 19.1 Å². The number of hydrogen-bond donors (Lipinski definition) is 2. The fraction of sp³-hybridized carbons (Fsp3) is 0.848. The smallest absolute Gasteiger partial charge is 0.322 e. The molecule has 0 rings (SSSR count). The van der Waals surface area contributed by atoms with Crippen molar-refractivity contribution in [1.29, 1.82) is 0 Å². The van der Waals surface area contributed by atoms with Gasteiger partial charge in [-0.15, -0.1) is 0 Å². The van der Waals surface area contributed by atoms with Crippen molar-refractivity contribution in [3.05, 3.63) is 12.2 Å². The number of aliphatic carboxylic acids is 1. The third-order valence-corrected chi connectivity index (χ3v) is 7.17. The SMILES string of the molecule is CCCCC/C=C\C(CCCCCCC(=O)NCC(=O)O)OC(=O)CCCCCCCCCCCCCCC. The molecule has 2 N–H and O–H groups in total. The van der Waals surface area contributed by atoms with Gasteiger partial charge >= 0.3 is 11.9 Å². The highest BCUT2D eigenvalue weighted by Crippen LogP contribution is 2.15. The fourth-order valence-electron chi connectivity index (χ4n) is 4.72. The highest BCUT2D eigenvalue weighted by molar-refractivity contribution is 5.80. The predicted octanol–water partition coefficient (Wildman–Crippen LogP) is 9.06. The first kappa shape index (κ1) is 37.1. The Morgan fingerprint density at radius 2 is 1.15 bits per heavy atom. The molecule has 0 aliphatic rings. The highest BCUT2D eigenvalue weighted by atomic mass is 16.5. The molecule has 0 spiro atoms. The third kappa shape index (κ3) is 29.0. The molecule has 1 atom stereocenters. The van der Waals surface area contributed by atoms with Crippen molar-refractivity contribution in [2.24, 2.45) is 0 Å². The van der Waals surface area contributed by atoms with E-state index in [1.807, 2.05) is 0 Å². The molecule has 1 amide bonds. The zero-order valence-electron chi connectivity index (χ0n) is 25.5. The lowest BCUT2D eigenvalue weighted by atomic mass is 10.0. The summed E-state index contributed by atoms with van der Waals surface area (Å²) in [7, 11) is 0. The molecular formula is C33H61NO5. The summed E-state index contributed by atoms with van der Waals surface area (Å²) < 4.78 is 5.82. The van der Waals surface area contributed by atoms with Crippen molar-refractivity contribution < 1.29 is 24.2 Å². The molecule has 0 aromatic heterocycles. The van der Waals surface area contributed by atoms with Crippen molar-refractivity contribution >= 4 is 17.8 Å². The van der Waals surface area contributed by atoms with Crippen LogP contribution in [0.3, 0.4) is 0 Å². The fourth-order valence-corrected chi connectivity index (χ4v) is 4.72. The molecule has 0 aromatic rings. The van der Waals surface area contributed by atoms with Crippen molar-refractivity contribution in [1.82, 2.24) is 5.32 Å². The number of allylic oxidation sites excluding steroid dienone is 1. The van der Waals surface area contributed by atoms with E-state index in [-0.39, 0.29) is 24.5 Å². The molecule has 0 saturated carbocycles. The molecule has 0 radical (unpaired) electrons. The number of carboxylic acid groups (broad SMARTS) is 1. The number of esters is 1. The van der Waals surface area contributed by atoms with Gasteiger partial charge in [-0.05, 0) is 44.6 Å². The molecule has 1 unspecified atom stereocenters. The first-order valence-electron chi connectivity index (χ1n) is 16.3. The maximum Gasteiger partial charge on any atom is 0.322 e. The number of carbonyl (C=O) groups excluding carboxylic acids is 2. The summed E-state index contributed by atoms with van der Waals surface area (Å²) in [6, 6.07) is 0. The number of carbonyl (C=O) groups is 3. The number of ether oxygens (including phenoxy) is 1. The van der Waals surface area contributed by atoms with Crippen LogP contribution in [0.2, 0.25) is 0 Å². The first-order valence-corrected chi connectivity index (χ1v) is 16.3. The lowest BCUT2D eigenvalue weighted by molar-refractivity contribution is -0.147. The molecular weight excluding hydrogens is 490 g/mol. The summed E-state index contributed by atoms with van der Waals surface area (Å²) in [6.45, 7) is 4.14. The van der Waals surface area contributed by atoms with Crippen molar-refractivity contribution in [3.63, 3.8) is 0 Å². The number of hydrogen-bond acceptors (Lipinski definition) is 4. The van der Waals surface area contributed by atoms with Gasteiger partial charge in [0.2, 0.25) is 5.91 Å².